The Morgan fingerprint density at radius 2 is 2.40 bits per heavy atom. The van der Waals surface area contributed by atoms with Gasteiger partial charge < -0.3 is 11.1 Å². The normalized spacial score (nSPS) is 10.5. The molecule has 5 heteroatoms. The Morgan fingerprint density at radius 1 is 1.67 bits per heavy atom. The molecule has 0 radical (unpaired) electrons. The number of aryl methyl sites for hydroxylation is 2. The van der Waals surface area contributed by atoms with Crippen molar-refractivity contribution in [3.05, 3.63) is 17.5 Å². The fourth-order valence-corrected chi connectivity index (χ4v) is 1.43. The fourth-order valence-electron chi connectivity index (χ4n) is 1.43. The van der Waals surface area contributed by atoms with E-state index in [0.717, 1.165) is 25.2 Å². The number of aromatic nitrogens is 2. The number of primary amides is 1. The van der Waals surface area contributed by atoms with Gasteiger partial charge in [0.25, 0.3) is 0 Å². The van der Waals surface area contributed by atoms with Crippen LogP contribution in [0.5, 0.6) is 0 Å². The van der Waals surface area contributed by atoms with E-state index in [1.165, 1.54) is 5.56 Å². The maximum absolute atomic E-state index is 10.5. The van der Waals surface area contributed by atoms with Crippen molar-refractivity contribution in [3.8, 4) is 0 Å². The number of nitrogens with two attached hydrogens (primary N) is 1. The Hall–Kier alpha value is -1.36. The van der Waals surface area contributed by atoms with Crippen LogP contribution in [0, 0.1) is 6.92 Å². The molecule has 84 valence electrons. The van der Waals surface area contributed by atoms with Crippen LogP contribution >= 0.6 is 0 Å². The van der Waals surface area contributed by atoms with Crippen LogP contribution in [0.2, 0.25) is 0 Å². The zero-order valence-electron chi connectivity index (χ0n) is 9.29. The van der Waals surface area contributed by atoms with Crippen LogP contribution in [0.15, 0.2) is 6.20 Å². The van der Waals surface area contributed by atoms with Gasteiger partial charge in [-0.1, -0.05) is 0 Å². The maximum atomic E-state index is 10.5. The van der Waals surface area contributed by atoms with E-state index in [4.69, 9.17) is 5.73 Å². The Kier molecular flexibility index (Phi) is 4.30. The molecular formula is C10H18N4O. The predicted octanol–water partition coefficient (Wildman–Crippen LogP) is 0.0836. The first kappa shape index (κ1) is 11.7. The van der Waals surface area contributed by atoms with Crippen molar-refractivity contribution in [2.45, 2.75) is 26.3 Å². The summed E-state index contributed by atoms with van der Waals surface area (Å²) in [7, 11) is 1.91. The maximum Gasteiger partial charge on any atom is 0.217 e. The van der Waals surface area contributed by atoms with E-state index in [0.29, 0.717) is 6.42 Å². The van der Waals surface area contributed by atoms with Gasteiger partial charge in [-0.05, 0) is 19.9 Å². The van der Waals surface area contributed by atoms with Crippen molar-refractivity contribution in [2.75, 3.05) is 6.54 Å². The van der Waals surface area contributed by atoms with Crippen LogP contribution in [-0.2, 0) is 18.4 Å². The molecule has 0 aliphatic heterocycles. The van der Waals surface area contributed by atoms with Crippen molar-refractivity contribution >= 4 is 5.91 Å². The second-order valence-corrected chi connectivity index (χ2v) is 3.66. The molecule has 0 saturated carbocycles. The van der Waals surface area contributed by atoms with E-state index in [2.05, 4.69) is 10.4 Å². The Balaban J connectivity index is 2.20. The molecule has 0 unspecified atom stereocenters. The van der Waals surface area contributed by atoms with Crippen LogP contribution < -0.4 is 11.1 Å². The minimum atomic E-state index is -0.241. The summed E-state index contributed by atoms with van der Waals surface area (Å²) in [5.41, 5.74) is 7.27. The molecule has 0 bridgehead atoms. The highest BCUT2D eigenvalue weighted by Gasteiger charge is 2.01. The lowest BCUT2D eigenvalue weighted by Crippen LogP contribution is -2.18. The van der Waals surface area contributed by atoms with E-state index in [1.807, 2.05) is 20.2 Å². The molecule has 1 heterocycles. The summed E-state index contributed by atoms with van der Waals surface area (Å²) in [4.78, 5) is 10.5. The number of rotatable bonds is 6. The van der Waals surface area contributed by atoms with Gasteiger partial charge in [0.15, 0.2) is 0 Å². The van der Waals surface area contributed by atoms with Gasteiger partial charge >= 0.3 is 0 Å². The molecule has 0 spiro atoms. The van der Waals surface area contributed by atoms with Crippen LogP contribution in [0.3, 0.4) is 0 Å². The Bertz CT molecular complexity index is 332. The standard InChI is InChI=1S/C10H18N4O/c1-8-9(7-14(2)13-8)6-12-5-3-4-10(11)15/h7,12H,3-6H2,1-2H3,(H2,11,15). The molecule has 1 amide bonds. The van der Waals surface area contributed by atoms with Crippen molar-refractivity contribution in [3.63, 3.8) is 0 Å². The topological polar surface area (TPSA) is 72.9 Å². The summed E-state index contributed by atoms with van der Waals surface area (Å²) in [5.74, 6) is -0.241. The summed E-state index contributed by atoms with van der Waals surface area (Å²) < 4.78 is 1.80. The molecule has 1 aromatic heterocycles. The van der Waals surface area contributed by atoms with Crippen LogP contribution in [0.1, 0.15) is 24.1 Å². The monoisotopic (exact) mass is 210 g/mol. The number of amides is 1. The van der Waals surface area contributed by atoms with Crippen molar-refractivity contribution < 1.29 is 4.79 Å². The molecule has 15 heavy (non-hydrogen) atoms. The summed E-state index contributed by atoms with van der Waals surface area (Å²) >= 11 is 0. The smallest absolute Gasteiger partial charge is 0.217 e. The average Bonchev–Trinajstić information content (AvgIpc) is 2.44. The van der Waals surface area contributed by atoms with Gasteiger partial charge in [-0.25, -0.2) is 0 Å². The van der Waals surface area contributed by atoms with Crippen molar-refractivity contribution in [1.29, 1.82) is 0 Å². The third-order valence-electron chi connectivity index (χ3n) is 2.21. The lowest BCUT2D eigenvalue weighted by Gasteiger charge is -2.02. The molecular weight excluding hydrogens is 192 g/mol. The van der Waals surface area contributed by atoms with Gasteiger partial charge in [0.05, 0.1) is 5.69 Å². The Morgan fingerprint density at radius 3 is 2.93 bits per heavy atom. The highest BCUT2D eigenvalue weighted by Crippen LogP contribution is 2.03. The summed E-state index contributed by atoms with van der Waals surface area (Å²) in [5, 5.41) is 7.49. The first-order valence-electron chi connectivity index (χ1n) is 5.07. The minimum absolute atomic E-state index is 0.241. The molecule has 1 rings (SSSR count). The van der Waals surface area contributed by atoms with E-state index < -0.39 is 0 Å². The van der Waals surface area contributed by atoms with Crippen LogP contribution in [0.4, 0.5) is 0 Å². The van der Waals surface area contributed by atoms with Gasteiger partial charge in [-0.2, -0.15) is 5.10 Å². The highest BCUT2D eigenvalue weighted by atomic mass is 16.1. The van der Waals surface area contributed by atoms with Crippen molar-refractivity contribution in [2.24, 2.45) is 12.8 Å². The third kappa shape index (κ3) is 4.12. The zero-order chi connectivity index (χ0) is 11.3. The van der Waals surface area contributed by atoms with Gasteiger partial charge in [0.2, 0.25) is 5.91 Å². The lowest BCUT2D eigenvalue weighted by atomic mass is 10.2. The molecule has 0 atom stereocenters. The van der Waals surface area contributed by atoms with Crippen LogP contribution in [-0.4, -0.2) is 22.2 Å². The molecule has 1 aromatic rings. The molecule has 0 aromatic carbocycles. The number of nitrogens with one attached hydrogen (secondary N) is 1. The summed E-state index contributed by atoms with van der Waals surface area (Å²) in [6.07, 6.45) is 3.23. The second-order valence-electron chi connectivity index (χ2n) is 3.66. The minimum Gasteiger partial charge on any atom is -0.370 e. The number of carbonyl (C=O) groups excluding carboxylic acids is 1. The third-order valence-corrected chi connectivity index (χ3v) is 2.21. The first-order chi connectivity index (χ1) is 7.09. The molecule has 0 aliphatic carbocycles. The molecule has 0 fully saturated rings. The average molecular weight is 210 g/mol. The summed E-state index contributed by atoms with van der Waals surface area (Å²) in [6, 6.07) is 0. The molecule has 0 aliphatic rings. The predicted molar refractivity (Wildman–Crippen MR) is 58.1 cm³/mol. The Labute approximate surface area is 89.6 Å². The quantitative estimate of drug-likeness (QED) is 0.653. The molecule has 3 N–H and O–H groups in total. The van der Waals surface area contributed by atoms with E-state index in [1.54, 1.807) is 4.68 Å². The lowest BCUT2D eigenvalue weighted by molar-refractivity contribution is -0.118. The van der Waals surface area contributed by atoms with Gasteiger partial charge in [0.1, 0.15) is 0 Å². The second kappa shape index (κ2) is 5.50. The summed E-state index contributed by atoms with van der Waals surface area (Å²) in [6.45, 7) is 3.58. The van der Waals surface area contributed by atoms with Gasteiger partial charge in [-0.15, -0.1) is 0 Å². The SMILES string of the molecule is Cc1nn(C)cc1CNCCCC(N)=O. The van der Waals surface area contributed by atoms with Crippen molar-refractivity contribution in [1.82, 2.24) is 15.1 Å². The first-order valence-corrected chi connectivity index (χ1v) is 5.07. The largest absolute Gasteiger partial charge is 0.370 e. The highest BCUT2D eigenvalue weighted by molar-refractivity contribution is 5.73. The molecule has 0 saturated heterocycles. The fraction of sp³-hybridized carbons (Fsp3) is 0.600. The van der Waals surface area contributed by atoms with E-state index in [-0.39, 0.29) is 5.91 Å². The number of nitrogens with zero attached hydrogens (tertiary/aromatic N) is 2. The number of hydrogen-bond acceptors (Lipinski definition) is 3. The number of hydrogen-bond donors (Lipinski definition) is 2. The van der Waals surface area contributed by atoms with Gasteiger partial charge in [0, 0.05) is 31.8 Å². The van der Waals surface area contributed by atoms with Crippen LogP contribution in [0.25, 0.3) is 0 Å². The number of carbonyl (C=O) groups is 1. The van der Waals surface area contributed by atoms with E-state index in [9.17, 15) is 4.79 Å². The zero-order valence-corrected chi connectivity index (χ0v) is 9.29. The van der Waals surface area contributed by atoms with Gasteiger partial charge in [-0.3, -0.25) is 9.48 Å². The van der Waals surface area contributed by atoms with E-state index >= 15 is 0 Å². The molecule has 5 nitrogen and oxygen atoms in total.